The van der Waals surface area contributed by atoms with E-state index in [2.05, 4.69) is 48.0 Å². The highest BCUT2D eigenvalue weighted by Gasteiger charge is 2.19. The van der Waals surface area contributed by atoms with E-state index in [0.717, 1.165) is 59.4 Å². The van der Waals surface area contributed by atoms with Gasteiger partial charge in [-0.3, -0.25) is 23.8 Å². The SMILES string of the molecule is Cc1cn2c(-c3cnn(CC(=O)Nc4ccncc4F)c3)cnc2c(Nc2cc(CN3CCC[C@@H](C)C3)ns2)n1. The third kappa shape index (κ3) is 5.70. The third-order valence-corrected chi connectivity index (χ3v) is 7.56. The molecule has 2 N–H and O–H groups in total. The zero-order chi connectivity index (χ0) is 27.6. The predicted octanol–water partition coefficient (Wildman–Crippen LogP) is 4.51. The maximum Gasteiger partial charge on any atom is 0.246 e. The monoisotopic (exact) mass is 560 g/mol. The van der Waals surface area contributed by atoms with Gasteiger partial charge < -0.3 is 10.6 Å². The van der Waals surface area contributed by atoms with Gasteiger partial charge in [0.25, 0.3) is 0 Å². The number of halogens is 1. The molecule has 1 aliphatic heterocycles. The van der Waals surface area contributed by atoms with Crippen molar-refractivity contribution in [1.82, 2.24) is 38.4 Å². The van der Waals surface area contributed by atoms with Crippen molar-refractivity contribution in [2.45, 2.75) is 39.8 Å². The Labute approximate surface area is 234 Å². The minimum atomic E-state index is -0.595. The fourth-order valence-electron chi connectivity index (χ4n) is 5.02. The zero-order valence-electron chi connectivity index (χ0n) is 22.2. The number of aryl methyl sites for hydroxylation is 1. The number of hydrogen-bond donors (Lipinski definition) is 2. The van der Waals surface area contributed by atoms with E-state index in [1.54, 1.807) is 18.6 Å². The average Bonchev–Trinajstić information content (AvgIpc) is 3.66. The third-order valence-electron chi connectivity index (χ3n) is 6.82. The topological polar surface area (TPSA) is 118 Å². The summed E-state index contributed by atoms with van der Waals surface area (Å²) in [5.74, 6) is 0.370. The summed E-state index contributed by atoms with van der Waals surface area (Å²) < 4.78 is 21.9. The number of pyridine rings is 1. The van der Waals surface area contributed by atoms with Gasteiger partial charge in [0.1, 0.15) is 11.5 Å². The van der Waals surface area contributed by atoms with E-state index < -0.39 is 11.7 Å². The number of likely N-dealkylation sites (tertiary alicyclic amines) is 1. The van der Waals surface area contributed by atoms with Gasteiger partial charge in [-0.2, -0.15) is 9.47 Å². The summed E-state index contributed by atoms with van der Waals surface area (Å²) >= 11 is 1.42. The molecule has 40 heavy (non-hydrogen) atoms. The fraction of sp³-hybridized carbons (Fsp3) is 0.333. The highest BCUT2D eigenvalue weighted by atomic mass is 32.1. The smallest absolute Gasteiger partial charge is 0.246 e. The van der Waals surface area contributed by atoms with Gasteiger partial charge in [0.2, 0.25) is 5.91 Å². The van der Waals surface area contributed by atoms with Crippen molar-refractivity contribution in [2.24, 2.45) is 5.92 Å². The Morgan fingerprint density at radius 1 is 1.25 bits per heavy atom. The molecular weight excluding hydrogens is 531 g/mol. The number of imidazole rings is 1. The van der Waals surface area contributed by atoms with E-state index in [4.69, 9.17) is 4.98 Å². The first-order valence-corrected chi connectivity index (χ1v) is 13.9. The van der Waals surface area contributed by atoms with Crippen molar-refractivity contribution >= 4 is 39.6 Å². The van der Waals surface area contributed by atoms with Crippen LogP contribution in [-0.4, -0.2) is 57.4 Å². The number of rotatable bonds is 8. The quantitative estimate of drug-likeness (QED) is 0.285. The van der Waals surface area contributed by atoms with Crippen LogP contribution >= 0.6 is 11.5 Å². The summed E-state index contributed by atoms with van der Waals surface area (Å²) in [6, 6.07) is 3.49. The summed E-state index contributed by atoms with van der Waals surface area (Å²) in [5, 5.41) is 11.2. The van der Waals surface area contributed by atoms with Crippen molar-refractivity contribution in [3.05, 3.63) is 66.5 Å². The first-order valence-electron chi connectivity index (χ1n) is 13.1. The predicted molar refractivity (Wildman–Crippen MR) is 151 cm³/mol. The fourth-order valence-corrected chi connectivity index (χ4v) is 5.68. The van der Waals surface area contributed by atoms with Gasteiger partial charge >= 0.3 is 0 Å². The number of amides is 1. The average molecular weight is 561 g/mol. The van der Waals surface area contributed by atoms with Crippen LogP contribution in [0.15, 0.2) is 49.3 Å². The van der Waals surface area contributed by atoms with Crippen molar-refractivity contribution in [2.75, 3.05) is 23.7 Å². The second-order valence-electron chi connectivity index (χ2n) is 10.2. The van der Waals surface area contributed by atoms with Crippen LogP contribution in [0.1, 0.15) is 31.2 Å². The summed E-state index contributed by atoms with van der Waals surface area (Å²) in [4.78, 5) is 27.9. The van der Waals surface area contributed by atoms with Crippen LogP contribution in [0.2, 0.25) is 0 Å². The Kier molecular flexibility index (Phi) is 7.22. The Balaban J connectivity index is 1.17. The van der Waals surface area contributed by atoms with E-state index >= 15 is 0 Å². The first-order chi connectivity index (χ1) is 19.4. The molecule has 6 heterocycles. The number of carbonyl (C=O) groups is 1. The number of nitrogens with one attached hydrogen (secondary N) is 2. The van der Waals surface area contributed by atoms with Crippen LogP contribution in [0, 0.1) is 18.7 Å². The van der Waals surface area contributed by atoms with Gasteiger partial charge in [-0.05, 0) is 55.9 Å². The lowest BCUT2D eigenvalue weighted by Gasteiger charge is -2.30. The maximum atomic E-state index is 13.8. The highest BCUT2D eigenvalue weighted by molar-refractivity contribution is 7.10. The lowest BCUT2D eigenvalue weighted by atomic mass is 10.0. The summed E-state index contributed by atoms with van der Waals surface area (Å²) in [7, 11) is 0. The Bertz CT molecular complexity index is 1660. The molecule has 1 aliphatic rings. The molecule has 0 spiro atoms. The molecule has 5 aromatic rings. The Hall–Kier alpha value is -4.23. The minimum absolute atomic E-state index is 0.0735. The number of anilines is 3. The van der Waals surface area contributed by atoms with Crippen LogP contribution in [0.4, 0.5) is 20.9 Å². The van der Waals surface area contributed by atoms with E-state index in [0.29, 0.717) is 11.5 Å². The van der Waals surface area contributed by atoms with E-state index in [-0.39, 0.29) is 12.2 Å². The second kappa shape index (κ2) is 11.1. The molecule has 1 atom stereocenters. The molecule has 0 aliphatic carbocycles. The maximum absolute atomic E-state index is 13.8. The molecule has 6 rings (SSSR count). The molecule has 0 unspecified atom stereocenters. The van der Waals surface area contributed by atoms with Crippen LogP contribution in [0.3, 0.4) is 0 Å². The van der Waals surface area contributed by atoms with Gasteiger partial charge in [-0.25, -0.2) is 14.4 Å². The van der Waals surface area contributed by atoms with Gasteiger partial charge in [0.05, 0.1) is 41.4 Å². The zero-order valence-corrected chi connectivity index (χ0v) is 23.0. The molecule has 1 fully saturated rings. The lowest BCUT2D eigenvalue weighted by molar-refractivity contribution is -0.116. The van der Waals surface area contributed by atoms with Crippen molar-refractivity contribution in [3.63, 3.8) is 0 Å². The van der Waals surface area contributed by atoms with Crippen LogP contribution in [-0.2, 0) is 17.9 Å². The second-order valence-corrected chi connectivity index (χ2v) is 11.0. The molecule has 0 saturated carbocycles. The van der Waals surface area contributed by atoms with Crippen molar-refractivity contribution < 1.29 is 9.18 Å². The van der Waals surface area contributed by atoms with E-state index in [1.165, 1.54) is 41.3 Å². The first kappa shape index (κ1) is 26.0. The number of hydrogen-bond acceptors (Lipinski definition) is 9. The lowest BCUT2D eigenvalue weighted by Crippen LogP contribution is -2.33. The molecule has 5 aromatic heterocycles. The molecule has 1 saturated heterocycles. The van der Waals surface area contributed by atoms with Gasteiger partial charge in [-0.1, -0.05) is 6.92 Å². The number of piperidine rings is 1. The Morgan fingerprint density at radius 2 is 2.15 bits per heavy atom. The normalized spacial score (nSPS) is 15.9. The molecular formula is C27H29FN10OS. The number of fused-ring (bicyclic) bond motifs is 1. The molecule has 1 amide bonds. The minimum Gasteiger partial charge on any atom is -0.328 e. The molecule has 206 valence electrons. The largest absolute Gasteiger partial charge is 0.328 e. The summed E-state index contributed by atoms with van der Waals surface area (Å²) in [5.41, 5.74) is 4.19. The Morgan fingerprint density at radius 3 is 3.00 bits per heavy atom. The van der Waals surface area contributed by atoms with E-state index in [1.807, 2.05) is 17.5 Å². The highest BCUT2D eigenvalue weighted by Crippen LogP contribution is 2.28. The molecule has 0 radical (unpaired) electrons. The van der Waals surface area contributed by atoms with Gasteiger partial charge in [-0.15, -0.1) is 0 Å². The van der Waals surface area contributed by atoms with Crippen LogP contribution in [0.5, 0.6) is 0 Å². The number of nitrogens with zero attached hydrogens (tertiary/aromatic N) is 8. The molecule has 13 heteroatoms. The number of carbonyl (C=O) groups excluding carboxylic acids is 1. The summed E-state index contributed by atoms with van der Waals surface area (Å²) in [6.07, 6.45) is 12.1. The molecule has 0 bridgehead atoms. The van der Waals surface area contributed by atoms with Gasteiger partial charge in [0, 0.05) is 37.2 Å². The van der Waals surface area contributed by atoms with Crippen LogP contribution in [0.25, 0.3) is 16.9 Å². The molecule has 0 aromatic carbocycles. The van der Waals surface area contributed by atoms with Gasteiger partial charge in [0.15, 0.2) is 17.3 Å². The van der Waals surface area contributed by atoms with Crippen molar-refractivity contribution in [3.8, 4) is 11.3 Å². The molecule has 11 nitrogen and oxygen atoms in total. The standard InChI is InChI=1S/C27H29FN10OS/c1-17-4-3-7-36(12-17)15-20-8-25(40-35-20)34-26-27-30-11-23(38(27)13-18(2)32-26)19-9-31-37(14-19)16-24(39)33-22-5-6-29-10-21(22)28/h5-6,8-11,13-14,17H,3-4,7,12,15-16H2,1-2H3,(H,32,34)(H,29,33,39)/t17-/m1/s1. The van der Waals surface area contributed by atoms with E-state index in [9.17, 15) is 9.18 Å². The summed E-state index contributed by atoms with van der Waals surface area (Å²) in [6.45, 7) is 7.24. The number of aromatic nitrogens is 7. The van der Waals surface area contributed by atoms with Crippen molar-refractivity contribution in [1.29, 1.82) is 0 Å². The van der Waals surface area contributed by atoms with Crippen LogP contribution < -0.4 is 10.6 Å².